The second-order valence-electron chi connectivity index (χ2n) is 7.76. The molecule has 0 saturated heterocycles. The molecule has 0 aromatic heterocycles. The highest BCUT2D eigenvalue weighted by atomic mass is 32.1. The van der Waals surface area contributed by atoms with Gasteiger partial charge in [0, 0.05) is 17.7 Å². The minimum Gasteiger partial charge on any atom is -0.478 e. The van der Waals surface area contributed by atoms with Gasteiger partial charge in [-0.3, -0.25) is 9.59 Å². The summed E-state index contributed by atoms with van der Waals surface area (Å²) < 4.78 is 0. The largest absolute Gasteiger partial charge is 0.478 e. The van der Waals surface area contributed by atoms with Crippen molar-refractivity contribution in [1.82, 2.24) is 5.32 Å². The van der Waals surface area contributed by atoms with Gasteiger partial charge in [0.15, 0.2) is 5.78 Å². The maximum atomic E-state index is 12.6. The van der Waals surface area contributed by atoms with Crippen LogP contribution >= 0.6 is 12.6 Å². The molecule has 188 valence electrons. The van der Waals surface area contributed by atoms with Crippen LogP contribution in [-0.4, -0.2) is 41.1 Å². The van der Waals surface area contributed by atoms with Gasteiger partial charge in [-0.25, -0.2) is 4.79 Å². The van der Waals surface area contributed by atoms with Crippen molar-refractivity contribution in [2.75, 3.05) is 12.3 Å². The van der Waals surface area contributed by atoms with Crippen LogP contribution in [0.25, 0.3) is 0 Å². The van der Waals surface area contributed by atoms with E-state index in [0.717, 1.165) is 44.6 Å². The molecule has 0 aromatic rings. The lowest BCUT2D eigenvalue weighted by Gasteiger charge is -2.16. The number of carboxylic acids is 1. The average Bonchev–Trinajstić information content (AvgIpc) is 2.82. The predicted octanol–water partition coefficient (Wildman–Crippen LogP) is 4.72. The molecule has 7 heteroatoms. The molecule has 0 aliphatic carbocycles. The quantitative estimate of drug-likeness (QED) is 0.0910. The first-order valence-electron chi connectivity index (χ1n) is 11.8. The van der Waals surface area contributed by atoms with Gasteiger partial charge in [-0.15, -0.1) is 0 Å². The third kappa shape index (κ3) is 18.9. The van der Waals surface area contributed by atoms with Crippen LogP contribution < -0.4 is 11.1 Å². The van der Waals surface area contributed by atoms with Crippen molar-refractivity contribution in [3.63, 3.8) is 0 Å². The summed E-state index contributed by atoms with van der Waals surface area (Å²) in [5, 5.41) is 11.1. The molecule has 1 unspecified atom stereocenters. The molecule has 6 nitrogen and oxygen atoms in total. The summed E-state index contributed by atoms with van der Waals surface area (Å²) in [6, 6.07) is -0.698. The van der Waals surface area contributed by atoms with Gasteiger partial charge in [0.05, 0.1) is 12.6 Å². The normalized spacial score (nSPS) is 14.3. The van der Waals surface area contributed by atoms with E-state index in [2.05, 4.69) is 24.9 Å². The summed E-state index contributed by atoms with van der Waals surface area (Å²) in [6.45, 7) is 2.18. The summed E-state index contributed by atoms with van der Waals surface area (Å²) in [5.74, 6) is -1.08. The second kappa shape index (κ2) is 22.2. The van der Waals surface area contributed by atoms with E-state index in [-0.39, 0.29) is 29.9 Å². The first-order valence-corrected chi connectivity index (χ1v) is 12.4. The van der Waals surface area contributed by atoms with Crippen LogP contribution in [0.15, 0.2) is 72.9 Å². The summed E-state index contributed by atoms with van der Waals surface area (Å²) in [5.41, 5.74) is 5.64. The molecule has 0 spiro atoms. The van der Waals surface area contributed by atoms with Crippen molar-refractivity contribution in [2.45, 2.75) is 57.9 Å². The lowest BCUT2D eigenvalue weighted by molar-refractivity contribution is -0.131. The number of hydrogen-bond donors (Lipinski definition) is 4. The fourth-order valence-corrected chi connectivity index (χ4v) is 3.11. The number of carbonyl (C=O) groups excluding carboxylic acids is 2. The molecule has 2 atom stereocenters. The van der Waals surface area contributed by atoms with E-state index < -0.39 is 12.0 Å². The molecule has 0 aliphatic rings. The summed E-state index contributed by atoms with van der Waals surface area (Å²) in [6.07, 6.45) is 28.0. The number of unbranched alkanes of at least 4 members (excludes halogenated alkanes) is 3. The zero-order valence-corrected chi connectivity index (χ0v) is 21.0. The zero-order valence-electron chi connectivity index (χ0n) is 20.1. The third-order valence-corrected chi connectivity index (χ3v) is 5.28. The van der Waals surface area contributed by atoms with Gasteiger partial charge in [0.25, 0.3) is 0 Å². The number of amides is 1. The Morgan fingerprint density at radius 1 is 0.882 bits per heavy atom. The number of aliphatic carboxylic acids is 1. The van der Waals surface area contributed by atoms with Crippen molar-refractivity contribution in [3.8, 4) is 0 Å². The Hall–Kier alpha value is -2.64. The molecular weight excluding hydrogens is 448 g/mol. The number of thiol groups is 1. The van der Waals surface area contributed by atoms with Crippen LogP contribution in [-0.2, 0) is 14.4 Å². The van der Waals surface area contributed by atoms with E-state index in [4.69, 9.17) is 10.8 Å². The van der Waals surface area contributed by atoms with Gasteiger partial charge >= 0.3 is 5.97 Å². The highest BCUT2D eigenvalue weighted by molar-refractivity contribution is 7.80. The fourth-order valence-electron chi connectivity index (χ4n) is 2.94. The van der Waals surface area contributed by atoms with Crippen LogP contribution in [0.4, 0.5) is 0 Å². The van der Waals surface area contributed by atoms with E-state index >= 15 is 0 Å². The van der Waals surface area contributed by atoms with E-state index in [1.54, 1.807) is 18.2 Å². The van der Waals surface area contributed by atoms with Crippen LogP contribution in [0.5, 0.6) is 0 Å². The number of Topliss-reactive ketones (excluding diaryl/α,β-unsaturated/α-hetero) is 1. The Balaban J connectivity index is 4.47. The van der Waals surface area contributed by atoms with Gasteiger partial charge in [0.2, 0.25) is 5.91 Å². The van der Waals surface area contributed by atoms with E-state index in [9.17, 15) is 14.4 Å². The van der Waals surface area contributed by atoms with Crippen molar-refractivity contribution in [3.05, 3.63) is 72.9 Å². The highest BCUT2D eigenvalue weighted by Crippen LogP contribution is 2.18. The Morgan fingerprint density at radius 3 is 2.03 bits per heavy atom. The lowest BCUT2D eigenvalue weighted by atomic mass is 9.91. The standard InChI is InChI=1S/C27H40N2O4S/c1-2-3-4-15-18-23(25(30)21-29-27(33)24(28)22-34)19-16-13-11-9-7-5-6-8-10-12-14-17-20-26(31)32/h5-14,17,20,23-24,34H,2-4,15-16,18-19,21-22,28H2,1H3,(H,29,33)(H,31,32)/t23?,24-/m0/s1. The molecule has 0 saturated carbocycles. The first-order chi connectivity index (χ1) is 16.4. The topological polar surface area (TPSA) is 109 Å². The van der Waals surface area contributed by atoms with Crippen LogP contribution in [0.1, 0.15) is 51.9 Å². The molecule has 1 amide bonds. The molecule has 0 rings (SSSR count). The predicted molar refractivity (Wildman–Crippen MR) is 144 cm³/mol. The van der Waals surface area contributed by atoms with Crippen molar-refractivity contribution >= 4 is 30.3 Å². The molecule has 0 heterocycles. The first kappa shape index (κ1) is 31.4. The lowest BCUT2D eigenvalue weighted by Crippen LogP contribution is -2.44. The molecule has 0 bridgehead atoms. The molecule has 0 fully saturated rings. The second-order valence-corrected chi connectivity index (χ2v) is 8.13. The number of nitrogens with two attached hydrogens (primary N) is 1. The van der Waals surface area contributed by atoms with E-state index in [0.29, 0.717) is 0 Å². The molecular formula is C27H40N2O4S. The van der Waals surface area contributed by atoms with Crippen LogP contribution in [0.2, 0.25) is 0 Å². The number of carbonyl (C=O) groups is 3. The van der Waals surface area contributed by atoms with Crippen LogP contribution in [0, 0.1) is 5.92 Å². The van der Waals surface area contributed by atoms with Crippen molar-refractivity contribution in [2.24, 2.45) is 11.7 Å². The Morgan fingerprint density at radius 2 is 1.47 bits per heavy atom. The summed E-state index contributed by atoms with van der Waals surface area (Å²) >= 11 is 4.01. The number of allylic oxidation sites excluding steroid dienone is 11. The van der Waals surface area contributed by atoms with E-state index in [1.165, 1.54) is 12.5 Å². The SMILES string of the molecule is CCCCCCC(CCC=CC=CC=CC=CC=CC=CC(=O)O)C(=O)CNC(=O)[C@@H](N)CS. The van der Waals surface area contributed by atoms with Gasteiger partial charge in [-0.1, -0.05) is 99.4 Å². The van der Waals surface area contributed by atoms with Gasteiger partial charge in [-0.05, 0) is 19.3 Å². The Bertz CT molecular complexity index is 767. The van der Waals surface area contributed by atoms with Crippen molar-refractivity contribution in [1.29, 1.82) is 0 Å². The Kier molecular flexibility index (Phi) is 20.4. The molecule has 0 aliphatic heterocycles. The smallest absolute Gasteiger partial charge is 0.328 e. The minimum absolute atomic E-state index is 0.0196. The van der Waals surface area contributed by atoms with Crippen molar-refractivity contribution < 1.29 is 19.5 Å². The molecule has 4 N–H and O–H groups in total. The third-order valence-electron chi connectivity index (χ3n) is 4.89. The summed E-state index contributed by atoms with van der Waals surface area (Å²) in [7, 11) is 0. The highest BCUT2D eigenvalue weighted by Gasteiger charge is 2.19. The molecule has 0 aromatic carbocycles. The zero-order chi connectivity index (χ0) is 25.4. The number of rotatable bonds is 19. The maximum absolute atomic E-state index is 12.6. The number of nitrogens with one attached hydrogen (secondary N) is 1. The number of hydrogen-bond acceptors (Lipinski definition) is 5. The molecule has 0 radical (unpaired) electrons. The number of carboxylic acid groups (broad SMARTS) is 1. The average molecular weight is 489 g/mol. The van der Waals surface area contributed by atoms with Gasteiger partial charge < -0.3 is 16.2 Å². The summed E-state index contributed by atoms with van der Waals surface area (Å²) in [4.78, 5) is 34.8. The van der Waals surface area contributed by atoms with Gasteiger partial charge in [0.1, 0.15) is 0 Å². The minimum atomic E-state index is -0.973. The fraction of sp³-hybridized carbons (Fsp3) is 0.444. The monoisotopic (exact) mass is 488 g/mol. The molecule has 34 heavy (non-hydrogen) atoms. The maximum Gasteiger partial charge on any atom is 0.328 e. The van der Waals surface area contributed by atoms with Crippen LogP contribution in [0.3, 0.4) is 0 Å². The Labute approximate surface area is 209 Å². The van der Waals surface area contributed by atoms with E-state index in [1.807, 2.05) is 42.5 Å². The number of ketones is 1. The van der Waals surface area contributed by atoms with Gasteiger partial charge in [-0.2, -0.15) is 12.6 Å².